The molecule has 0 unspecified atom stereocenters. The first kappa shape index (κ1) is 18.0. The summed E-state index contributed by atoms with van der Waals surface area (Å²) < 4.78 is 16.2. The Bertz CT molecular complexity index is 973. The standard InChI is InChI=1S/C20H17ClO5/c1-3-24-15-7-8-18-16(10-15)12(2)19(26-18)20(23)25-11-17(22)13-5-4-6-14(21)9-13/h4-10H,3,11H2,1-2H3. The van der Waals surface area contributed by atoms with Crippen LogP contribution in [0.1, 0.15) is 33.4 Å². The fourth-order valence-electron chi connectivity index (χ4n) is 2.59. The second-order valence-electron chi connectivity index (χ2n) is 5.66. The van der Waals surface area contributed by atoms with Crippen LogP contribution in [0.15, 0.2) is 46.9 Å². The lowest BCUT2D eigenvalue weighted by atomic mass is 10.1. The minimum atomic E-state index is -0.688. The molecule has 0 saturated heterocycles. The molecule has 0 atom stereocenters. The number of ether oxygens (including phenoxy) is 2. The Labute approximate surface area is 155 Å². The van der Waals surface area contributed by atoms with E-state index in [1.165, 1.54) is 6.07 Å². The molecule has 0 spiro atoms. The molecule has 2 aromatic carbocycles. The van der Waals surface area contributed by atoms with Crippen molar-refractivity contribution < 1.29 is 23.5 Å². The van der Waals surface area contributed by atoms with Crippen molar-refractivity contribution in [2.75, 3.05) is 13.2 Å². The third kappa shape index (κ3) is 3.73. The predicted octanol–water partition coefficient (Wildman–Crippen LogP) is 4.83. The van der Waals surface area contributed by atoms with Gasteiger partial charge >= 0.3 is 5.97 Å². The number of ketones is 1. The van der Waals surface area contributed by atoms with Crippen LogP contribution in [-0.4, -0.2) is 25.0 Å². The van der Waals surface area contributed by atoms with Crippen molar-refractivity contribution in [3.63, 3.8) is 0 Å². The summed E-state index contributed by atoms with van der Waals surface area (Å²) in [7, 11) is 0. The van der Waals surface area contributed by atoms with E-state index >= 15 is 0 Å². The Morgan fingerprint density at radius 2 is 1.96 bits per heavy atom. The summed E-state index contributed by atoms with van der Waals surface area (Å²) in [6, 6.07) is 11.8. The smallest absolute Gasteiger partial charge is 0.375 e. The van der Waals surface area contributed by atoms with E-state index in [0.717, 1.165) is 5.39 Å². The molecule has 5 nitrogen and oxygen atoms in total. The van der Waals surface area contributed by atoms with Gasteiger partial charge in [-0.15, -0.1) is 0 Å². The van der Waals surface area contributed by atoms with Crippen LogP contribution in [0.5, 0.6) is 5.75 Å². The molecule has 0 aliphatic heterocycles. The van der Waals surface area contributed by atoms with Gasteiger partial charge in [0.2, 0.25) is 5.76 Å². The number of furan rings is 1. The van der Waals surface area contributed by atoms with Gasteiger partial charge in [0.15, 0.2) is 12.4 Å². The van der Waals surface area contributed by atoms with Crippen LogP contribution in [-0.2, 0) is 4.74 Å². The maximum absolute atomic E-state index is 12.3. The molecular formula is C20H17ClO5. The molecule has 3 rings (SSSR count). The zero-order valence-corrected chi connectivity index (χ0v) is 15.1. The number of carbonyl (C=O) groups is 2. The number of esters is 1. The molecule has 0 saturated carbocycles. The lowest BCUT2D eigenvalue weighted by Crippen LogP contribution is -2.14. The van der Waals surface area contributed by atoms with Gasteiger partial charge in [0.25, 0.3) is 0 Å². The van der Waals surface area contributed by atoms with Crippen LogP contribution in [0.2, 0.25) is 5.02 Å². The Morgan fingerprint density at radius 3 is 2.69 bits per heavy atom. The van der Waals surface area contributed by atoms with Gasteiger partial charge in [-0.3, -0.25) is 4.79 Å². The second-order valence-corrected chi connectivity index (χ2v) is 6.09. The second kappa shape index (κ2) is 7.62. The molecule has 26 heavy (non-hydrogen) atoms. The van der Waals surface area contributed by atoms with Gasteiger partial charge in [-0.05, 0) is 44.2 Å². The zero-order chi connectivity index (χ0) is 18.7. The molecule has 0 aliphatic carbocycles. The van der Waals surface area contributed by atoms with Gasteiger partial charge in [0.05, 0.1) is 6.61 Å². The van der Waals surface area contributed by atoms with Crippen LogP contribution >= 0.6 is 11.6 Å². The topological polar surface area (TPSA) is 65.7 Å². The average Bonchev–Trinajstić information content (AvgIpc) is 2.96. The number of hydrogen-bond donors (Lipinski definition) is 0. The lowest BCUT2D eigenvalue weighted by Gasteiger charge is -2.03. The highest BCUT2D eigenvalue weighted by Gasteiger charge is 2.21. The molecule has 3 aromatic rings. The molecule has 134 valence electrons. The quantitative estimate of drug-likeness (QED) is 0.458. The van der Waals surface area contributed by atoms with Crippen molar-refractivity contribution >= 4 is 34.3 Å². The van der Waals surface area contributed by atoms with Gasteiger partial charge in [0, 0.05) is 21.5 Å². The van der Waals surface area contributed by atoms with Crippen molar-refractivity contribution in [3.05, 3.63) is 64.4 Å². The Hall–Kier alpha value is -2.79. The summed E-state index contributed by atoms with van der Waals surface area (Å²) in [4.78, 5) is 24.4. The van der Waals surface area contributed by atoms with Crippen molar-refractivity contribution in [2.24, 2.45) is 0 Å². The molecule has 0 fully saturated rings. The van der Waals surface area contributed by atoms with E-state index < -0.39 is 5.97 Å². The number of hydrogen-bond acceptors (Lipinski definition) is 5. The minimum Gasteiger partial charge on any atom is -0.494 e. The Balaban J connectivity index is 1.75. The average molecular weight is 373 g/mol. The normalized spacial score (nSPS) is 10.7. The molecule has 0 aliphatic rings. The van der Waals surface area contributed by atoms with E-state index in [0.29, 0.717) is 34.1 Å². The number of carbonyl (C=O) groups excluding carboxylic acids is 2. The van der Waals surface area contributed by atoms with Crippen LogP contribution in [0.3, 0.4) is 0 Å². The summed E-state index contributed by atoms with van der Waals surface area (Å²) >= 11 is 5.86. The monoisotopic (exact) mass is 372 g/mol. The fraction of sp³-hybridized carbons (Fsp3) is 0.200. The van der Waals surface area contributed by atoms with Crippen LogP contribution in [0.4, 0.5) is 0 Å². The summed E-state index contributed by atoms with van der Waals surface area (Å²) in [6.07, 6.45) is 0. The van der Waals surface area contributed by atoms with Crippen molar-refractivity contribution in [1.82, 2.24) is 0 Å². The third-order valence-electron chi connectivity index (χ3n) is 3.88. The van der Waals surface area contributed by atoms with E-state index in [4.69, 9.17) is 25.5 Å². The van der Waals surface area contributed by atoms with Crippen LogP contribution < -0.4 is 4.74 Å². The van der Waals surface area contributed by atoms with Crippen LogP contribution in [0, 0.1) is 6.92 Å². The van der Waals surface area contributed by atoms with Crippen molar-refractivity contribution in [3.8, 4) is 5.75 Å². The van der Waals surface area contributed by atoms with Crippen LogP contribution in [0.25, 0.3) is 11.0 Å². The number of benzene rings is 2. The fourth-order valence-corrected chi connectivity index (χ4v) is 2.78. The highest BCUT2D eigenvalue weighted by atomic mass is 35.5. The molecule has 0 amide bonds. The molecule has 6 heteroatoms. The summed E-state index contributed by atoms with van der Waals surface area (Å²) in [5.41, 5.74) is 1.58. The van der Waals surface area contributed by atoms with Gasteiger partial charge in [-0.2, -0.15) is 0 Å². The minimum absolute atomic E-state index is 0.0764. The zero-order valence-electron chi connectivity index (χ0n) is 14.4. The summed E-state index contributed by atoms with van der Waals surface area (Å²) in [5, 5.41) is 1.21. The molecule has 0 radical (unpaired) electrons. The molecule has 0 N–H and O–H groups in total. The molecular weight excluding hydrogens is 356 g/mol. The number of rotatable bonds is 6. The summed E-state index contributed by atoms with van der Waals surface area (Å²) in [5.74, 6) is -0.257. The van der Waals surface area contributed by atoms with E-state index in [1.54, 1.807) is 37.3 Å². The van der Waals surface area contributed by atoms with E-state index in [-0.39, 0.29) is 18.2 Å². The highest BCUT2D eigenvalue weighted by Crippen LogP contribution is 2.29. The largest absolute Gasteiger partial charge is 0.494 e. The highest BCUT2D eigenvalue weighted by molar-refractivity contribution is 6.31. The molecule has 1 heterocycles. The van der Waals surface area contributed by atoms with Gasteiger partial charge in [-0.1, -0.05) is 23.7 Å². The van der Waals surface area contributed by atoms with Gasteiger partial charge < -0.3 is 13.9 Å². The van der Waals surface area contributed by atoms with E-state index in [2.05, 4.69) is 0 Å². The predicted molar refractivity (Wildman–Crippen MR) is 98.2 cm³/mol. The lowest BCUT2D eigenvalue weighted by molar-refractivity contribution is 0.0445. The first-order chi connectivity index (χ1) is 12.5. The van der Waals surface area contributed by atoms with E-state index in [1.807, 2.05) is 13.0 Å². The molecule has 1 aromatic heterocycles. The number of aryl methyl sites for hydroxylation is 1. The van der Waals surface area contributed by atoms with Gasteiger partial charge in [-0.25, -0.2) is 4.79 Å². The van der Waals surface area contributed by atoms with Gasteiger partial charge in [0.1, 0.15) is 11.3 Å². The first-order valence-electron chi connectivity index (χ1n) is 8.11. The Kier molecular flexibility index (Phi) is 5.28. The summed E-state index contributed by atoms with van der Waals surface area (Å²) in [6.45, 7) is 3.81. The van der Waals surface area contributed by atoms with E-state index in [9.17, 15) is 9.59 Å². The maximum atomic E-state index is 12.3. The van der Waals surface area contributed by atoms with Crippen molar-refractivity contribution in [2.45, 2.75) is 13.8 Å². The SMILES string of the molecule is CCOc1ccc2oc(C(=O)OCC(=O)c3cccc(Cl)c3)c(C)c2c1. The number of halogens is 1. The first-order valence-corrected chi connectivity index (χ1v) is 8.49. The number of Topliss-reactive ketones (excluding diaryl/α,β-unsaturated/α-hetero) is 1. The molecule has 0 bridgehead atoms. The number of fused-ring (bicyclic) bond motifs is 1. The third-order valence-corrected chi connectivity index (χ3v) is 4.12. The Morgan fingerprint density at radius 1 is 1.15 bits per heavy atom. The van der Waals surface area contributed by atoms with Crippen molar-refractivity contribution in [1.29, 1.82) is 0 Å². The maximum Gasteiger partial charge on any atom is 0.375 e.